The van der Waals surface area contributed by atoms with E-state index in [0.29, 0.717) is 5.69 Å². The maximum absolute atomic E-state index is 13.0. The number of hydrogen-bond acceptors (Lipinski definition) is 4. The van der Waals surface area contributed by atoms with E-state index in [4.69, 9.17) is 5.73 Å². The van der Waals surface area contributed by atoms with Crippen molar-refractivity contribution in [2.75, 3.05) is 0 Å². The molecule has 1 heterocycles. The first kappa shape index (κ1) is 20.1. The molecular formula is C21H17F3N4O. The molecule has 0 aliphatic rings. The monoisotopic (exact) mass is 398 g/mol. The Morgan fingerprint density at radius 2 is 1.90 bits per heavy atom. The maximum Gasteiger partial charge on any atom is 0.416 e. The van der Waals surface area contributed by atoms with E-state index in [-0.39, 0.29) is 17.1 Å². The molecule has 0 saturated heterocycles. The minimum absolute atomic E-state index is 0.0325. The summed E-state index contributed by atoms with van der Waals surface area (Å²) in [5.74, 6) is 0. The molecule has 0 amide bonds. The van der Waals surface area contributed by atoms with Gasteiger partial charge in [0.05, 0.1) is 22.6 Å². The molecule has 0 aliphatic heterocycles. The summed E-state index contributed by atoms with van der Waals surface area (Å²) in [7, 11) is 0. The molecule has 3 aromatic rings. The van der Waals surface area contributed by atoms with Crippen molar-refractivity contribution >= 4 is 11.4 Å². The number of aliphatic imine (C=N–C) groups is 1. The smallest absolute Gasteiger partial charge is 0.405 e. The predicted molar refractivity (Wildman–Crippen MR) is 106 cm³/mol. The lowest BCUT2D eigenvalue weighted by Crippen LogP contribution is -2.20. The zero-order valence-electron chi connectivity index (χ0n) is 15.4. The summed E-state index contributed by atoms with van der Waals surface area (Å²) < 4.78 is 40.2. The van der Waals surface area contributed by atoms with E-state index < -0.39 is 17.2 Å². The van der Waals surface area contributed by atoms with Crippen molar-refractivity contribution in [3.8, 4) is 5.69 Å². The van der Waals surface area contributed by atoms with Gasteiger partial charge in [0.25, 0.3) is 0 Å². The number of aryl methyl sites for hydroxylation is 1. The number of nitrogens with two attached hydrogens (primary N) is 1. The van der Waals surface area contributed by atoms with Crippen molar-refractivity contribution in [1.82, 2.24) is 9.78 Å². The second-order valence-electron chi connectivity index (χ2n) is 6.16. The SMILES string of the molecule is Cc1ccccc1N=C(C=CN)c1nn(-c2cccc(C(F)(F)F)c2)ccc1=O. The Labute approximate surface area is 164 Å². The van der Waals surface area contributed by atoms with E-state index in [1.54, 1.807) is 12.1 Å². The third-order valence-corrected chi connectivity index (χ3v) is 4.10. The van der Waals surface area contributed by atoms with E-state index in [2.05, 4.69) is 10.1 Å². The average Bonchev–Trinajstić information content (AvgIpc) is 2.69. The van der Waals surface area contributed by atoms with Gasteiger partial charge >= 0.3 is 6.18 Å². The molecule has 0 fully saturated rings. The predicted octanol–water partition coefficient (Wildman–Crippen LogP) is 4.15. The molecule has 2 aromatic carbocycles. The second kappa shape index (κ2) is 8.14. The summed E-state index contributed by atoms with van der Waals surface area (Å²) in [6.07, 6.45) is -0.539. The number of allylic oxidation sites excluding steroid dienone is 1. The number of rotatable bonds is 4. The fourth-order valence-corrected chi connectivity index (χ4v) is 2.63. The van der Waals surface area contributed by atoms with Gasteiger partial charge in [0.15, 0.2) is 5.69 Å². The molecule has 0 aliphatic carbocycles. The zero-order valence-corrected chi connectivity index (χ0v) is 15.4. The molecule has 0 atom stereocenters. The topological polar surface area (TPSA) is 73.3 Å². The standard InChI is InChI=1S/C21H17F3N4O/c1-14-5-2-3-8-17(14)26-18(9-11-25)20-19(29)10-12-28(27-20)16-7-4-6-15(13-16)21(22,23)24/h2-13H,25H2,1H3. The Morgan fingerprint density at radius 1 is 1.14 bits per heavy atom. The molecule has 29 heavy (non-hydrogen) atoms. The Hall–Kier alpha value is -3.68. The summed E-state index contributed by atoms with van der Waals surface area (Å²) in [4.78, 5) is 16.9. The summed E-state index contributed by atoms with van der Waals surface area (Å²) in [6.45, 7) is 1.86. The van der Waals surface area contributed by atoms with Crippen LogP contribution in [-0.2, 0) is 6.18 Å². The van der Waals surface area contributed by atoms with Crippen molar-refractivity contribution < 1.29 is 13.2 Å². The quantitative estimate of drug-likeness (QED) is 0.671. The second-order valence-corrected chi connectivity index (χ2v) is 6.16. The first-order valence-corrected chi connectivity index (χ1v) is 8.60. The number of alkyl halides is 3. The number of para-hydroxylation sites is 1. The van der Waals surface area contributed by atoms with Gasteiger partial charge in [0.2, 0.25) is 5.43 Å². The summed E-state index contributed by atoms with van der Waals surface area (Å²) in [5.41, 5.74) is 6.09. The maximum atomic E-state index is 13.0. The van der Waals surface area contributed by atoms with Gasteiger partial charge in [-0.05, 0) is 49.0 Å². The van der Waals surface area contributed by atoms with Gasteiger partial charge in [-0.25, -0.2) is 9.67 Å². The number of nitrogens with zero attached hydrogens (tertiary/aromatic N) is 3. The number of halogens is 3. The van der Waals surface area contributed by atoms with Crippen molar-refractivity contribution in [3.05, 3.63) is 100 Å². The highest BCUT2D eigenvalue weighted by Crippen LogP contribution is 2.30. The van der Waals surface area contributed by atoms with Crippen molar-refractivity contribution in [2.24, 2.45) is 10.7 Å². The Bertz CT molecular complexity index is 1150. The molecule has 0 unspecified atom stereocenters. The van der Waals surface area contributed by atoms with Crippen LogP contribution in [0.2, 0.25) is 0 Å². The third kappa shape index (κ3) is 4.60. The largest absolute Gasteiger partial charge is 0.416 e. The fourth-order valence-electron chi connectivity index (χ4n) is 2.63. The van der Waals surface area contributed by atoms with Crippen LogP contribution in [0.4, 0.5) is 18.9 Å². The van der Waals surface area contributed by atoms with E-state index in [9.17, 15) is 18.0 Å². The number of benzene rings is 2. The van der Waals surface area contributed by atoms with E-state index in [0.717, 1.165) is 17.7 Å². The Kier molecular flexibility index (Phi) is 5.63. The van der Waals surface area contributed by atoms with Gasteiger partial charge in [-0.2, -0.15) is 18.3 Å². The zero-order chi connectivity index (χ0) is 21.0. The molecule has 148 valence electrons. The molecule has 2 N–H and O–H groups in total. The van der Waals surface area contributed by atoms with Crippen LogP contribution in [0.25, 0.3) is 5.69 Å². The van der Waals surface area contributed by atoms with Gasteiger partial charge in [-0.1, -0.05) is 24.3 Å². The van der Waals surface area contributed by atoms with Crippen LogP contribution >= 0.6 is 0 Å². The molecule has 3 rings (SSSR count). The van der Waals surface area contributed by atoms with Crippen molar-refractivity contribution in [3.63, 3.8) is 0 Å². The van der Waals surface area contributed by atoms with Crippen LogP contribution in [0.5, 0.6) is 0 Å². The Balaban J connectivity index is 2.13. The summed E-state index contributed by atoms with van der Waals surface area (Å²) >= 11 is 0. The van der Waals surface area contributed by atoms with Gasteiger partial charge in [-0.3, -0.25) is 4.79 Å². The normalized spacial score (nSPS) is 12.5. The van der Waals surface area contributed by atoms with Gasteiger partial charge in [0.1, 0.15) is 0 Å². The molecular weight excluding hydrogens is 381 g/mol. The summed E-state index contributed by atoms with van der Waals surface area (Å²) in [6, 6.07) is 13.2. The lowest BCUT2D eigenvalue weighted by atomic mass is 10.2. The fraction of sp³-hybridized carbons (Fsp3) is 0.0952. The van der Waals surface area contributed by atoms with Gasteiger partial charge in [0, 0.05) is 12.3 Å². The van der Waals surface area contributed by atoms with Crippen molar-refractivity contribution in [1.29, 1.82) is 0 Å². The van der Waals surface area contributed by atoms with Crippen LogP contribution in [-0.4, -0.2) is 15.5 Å². The Morgan fingerprint density at radius 3 is 2.59 bits per heavy atom. The lowest BCUT2D eigenvalue weighted by Gasteiger charge is -2.11. The molecule has 0 saturated carbocycles. The molecule has 0 spiro atoms. The van der Waals surface area contributed by atoms with E-state index >= 15 is 0 Å². The molecule has 0 bridgehead atoms. The van der Waals surface area contributed by atoms with E-state index in [1.165, 1.54) is 41.4 Å². The lowest BCUT2D eigenvalue weighted by molar-refractivity contribution is -0.137. The summed E-state index contributed by atoms with van der Waals surface area (Å²) in [5, 5.41) is 4.21. The van der Waals surface area contributed by atoms with Crippen LogP contribution in [0.3, 0.4) is 0 Å². The minimum Gasteiger partial charge on any atom is -0.405 e. The molecule has 8 heteroatoms. The number of aromatic nitrogens is 2. The van der Waals surface area contributed by atoms with Gasteiger partial charge < -0.3 is 5.73 Å². The number of hydrogen-bond donors (Lipinski definition) is 1. The average molecular weight is 398 g/mol. The highest BCUT2D eigenvalue weighted by Gasteiger charge is 2.30. The van der Waals surface area contributed by atoms with E-state index in [1.807, 2.05) is 19.1 Å². The third-order valence-electron chi connectivity index (χ3n) is 4.10. The molecule has 0 radical (unpaired) electrons. The molecule has 1 aromatic heterocycles. The van der Waals surface area contributed by atoms with Gasteiger partial charge in [-0.15, -0.1) is 0 Å². The van der Waals surface area contributed by atoms with Crippen LogP contribution < -0.4 is 11.2 Å². The first-order chi connectivity index (χ1) is 13.8. The minimum atomic E-state index is -4.49. The van der Waals surface area contributed by atoms with Crippen LogP contribution in [0.15, 0.2) is 82.9 Å². The molecule has 5 nitrogen and oxygen atoms in total. The first-order valence-electron chi connectivity index (χ1n) is 8.60. The highest BCUT2D eigenvalue weighted by molar-refractivity contribution is 6.08. The van der Waals surface area contributed by atoms with Crippen LogP contribution in [0, 0.1) is 6.92 Å². The van der Waals surface area contributed by atoms with Crippen LogP contribution in [0.1, 0.15) is 16.8 Å². The van der Waals surface area contributed by atoms with Crippen molar-refractivity contribution in [2.45, 2.75) is 13.1 Å². The highest BCUT2D eigenvalue weighted by atomic mass is 19.4.